The lowest BCUT2D eigenvalue weighted by atomic mass is 10.1. The van der Waals surface area contributed by atoms with Crippen molar-refractivity contribution in [3.8, 4) is 5.75 Å². The molecule has 2 rings (SSSR count). The van der Waals surface area contributed by atoms with Gasteiger partial charge in [0.25, 0.3) is 0 Å². The molecule has 0 aliphatic carbocycles. The number of halogens is 1. The zero-order chi connectivity index (χ0) is 18.6. The van der Waals surface area contributed by atoms with Crippen LogP contribution in [0.1, 0.15) is 11.1 Å². The highest BCUT2D eigenvalue weighted by atomic mass is 127. The Morgan fingerprint density at radius 2 is 1.74 bits per heavy atom. The summed E-state index contributed by atoms with van der Waals surface area (Å²) in [5.41, 5.74) is 2.27. The number of hydrogen-bond donors (Lipinski definition) is 3. The third-order valence-corrected chi connectivity index (χ3v) is 3.81. The Kier molecular flexibility index (Phi) is 10.9. The van der Waals surface area contributed by atoms with Gasteiger partial charge in [-0.1, -0.05) is 42.5 Å². The van der Waals surface area contributed by atoms with Crippen LogP contribution in [0.2, 0.25) is 0 Å². The molecule has 0 saturated carbocycles. The summed E-state index contributed by atoms with van der Waals surface area (Å²) in [5, 5.41) is 9.09. The lowest BCUT2D eigenvalue weighted by Gasteiger charge is -2.12. The Balaban J connectivity index is 0.00000364. The highest BCUT2D eigenvalue weighted by Crippen LogP contribution is 2.11. The van der Waals surface area contributed by atoms with Gasteiger partial charge in [-0.25, -0.2) is 0 Å². The normalized spacial score (nSPS) is 10.5. The van der Waals surface area contributed by atoms with E-state index >= 15 is 0 Å². The molecule has 146 valence electrons. The van der Waals surface area contributed by atoms with Crippen molar-refractivity contribution in [1.82, 2.24) is 16.0 Å². The van der Waals surface area contributed by atoms with E-state index in [2.05, 4.69) is 33.1 Å². The van der Waals surface area contributed by atoms with E-state index in [1.54, 1.807) is 14.2 Å². The molecule has 0 atom stereocenters. The predicted molar refractivity (Wildman–Crippen MR) is 120 cm³/mol. The number of carbonyl (C=O) groups excluding carboxylic acids is 1. The number of carbonyl (C=O) groups is 1. The summed E-state index contributed by atoms with van der Waals surface area (Å²) >= 11 is 0. The van der Waals surface area contributed by atoms with Crippen LogP contribution >= 0.6 is 24.0 Å². The van der Waals surface area contributed by atoms with E-state index < -0.39 is 0 Å². The lowest BCUT2D eigenvalue weighted by molar-refractivity contribution is -0.119. The van der Waals surface area contributed by atoms with E-state index in [0.29, 0.717) is 19.0 Å². The monoisotopic (exact) mass is 482 g/mol. The van der Waals surface area contributed by atoms with Gasteiger partial charge in [-0.3, -0.25) is 9.79 Å². The zero-order valence-corrected chi connectivity index (χ0v) is 18.0. The van der Waals surface area contributed by atoms with Crippen molar-refractivity contribution in [2.45, 2.75) is 13.0 Å². The standard InChI is InChI=1S/C20H26N4O2.HI/c1-21-20(23-14-17-9-6-10-18(13-17)26-2)24-15-19(25)22-12-11-16-7-4-3-5-8-16;/h3-10,13H,11-12,14-15H2,1-2H3,(H,22,25)(H2,21,23,24);1H. The van der Waals surface area contributed by atoms with E-state index in [1.165, 1.54) is 5.56 Å². The third-order valence-electron chi connectivity index (χ3n) is 3.81. The Bertz CT molecular complexity index is 723. The highest BCUT2D eigenvalue weighted by molar-refractivity contribution is 14.0. The van der Waals surface area contributed by atoms with Crippen LogP contribution in [0.15, 0.2) is 59.6 Å². The fourth-order valence-corrected chi connectivity index (χ4v) is 2.41. The average molecular weight is 482 g/mol. The maximum atomic E-state index is 11.9. The van der Waals surface area contributed by atoms with Gasteiger partial charge in [0.05, 0.1) is 13.7 Å². The van der Waals surface area contributed by atoms with Gasteiger partial charge < -0.3 is 20.7 Å². The quantitative estimate of drug-likeness (QED) is 0.307. The fourth-order valence-electron chi connectivity index (χ4n) is 2.41. The van der Waals surface area contributed by atoms with Crippen molar-refractivity contribution in [3.05, 3.63) is 65.7 Å². The van der Waals surface area contributed by atoms with Gasteiger partial charge in [0.1, 0.15) is 5.75 Å². The highest BCUT2D eigenvalue weighted by Gasteiger charge is 2.04. The van der Waals surface area contributed by atoms with Crippen LogP contribution in [0.25, 0.3) is 0 Å². The molecule has 0 radical (unpaired) electrons. The van der Waals surface area contributed by atoms with Crippen molar-refractivity contribution in [1.29, 1.82) is 0 Å². The first-order chi connectivity index (χ1) is 12.7. The smallest absolute Gasteiger partial charge is 0.239 e. The summed E-state index contributed by atoms with van der Waals surface area (Å²) in [6, 6.07) is 17.9. The van der Waals surface area contributed by atoms with E-state index in [-0.39, 0.29) is 36.4 Å². The molecule has 2 aromatic carbocycles. The minimum Gasteiger partial charge on any atom is -0.497 e. The van der Waals surface area contributed by atoms with Crippen molar-refractivity contribution < 1.29 is 9.53 Å². The summed E-state index contributed by atoms with van der Waals surface area (Å²) in [7, 11) is 3.32. The first-order valence-corrected chi connectivity index (χ1v) is 8.59. The van der Waals surface area contributed by atoms with Gasteiger partial charge in [-0.15, -0.1) is 24.0 Å². The summed E-state index contributed by atoms with van der Waals surface area (Å²) < 4.78 is 5.21. The fraction of sp³-hybridized carbons (Fsp3) is 0.300. The van der Waals surface area contributed by atoms with E-state index in [9.17, 15) is 4.79 Å². The van der Waals surface area contributed by atoms with Crippen LogP contribution in [0.3, 0.4) is 0 Å². The molecule has 2 aromatic rings. The zero-order valence-electron chi connectivity index (χ0n) is 15.7. The van der Waals surface area contributed by atoms with Crippen LogP contribution in [-0.4, -0.2) is 39.1 Å². The van der Waals surface area contributed by atoms with E-state index in [1.807, 2.05) is 42.5 Å². The Labute approximate surface area is 177 Å². The third kappa shape index (κ3) is 8.76. The van der Waals surface area contributed by atoms with Crippen molar-refractivity contribution in [2.75, 3.05) is 27.2 Å². The van der Waals surface area contributed by atoms with Gasteiger partial charge in [-0.05, 0) is 29.7 Å². The average Bonchev–Trinajstić information content (AvgIpc) is 2.69. The summed E-state index contributed by atoms with van der Waals surface area (Å²) in [6.45, 7) is 1.37. The molecule has 0 saturated heterocycles. The number of amides is 1. The van der Waals surface area contributed by atoms with Gasteiger partial charge in [-0.2, -0.15) is 0 Å². The first kappa shape index (κ1) is 22.8. The largest absolute Gasteiger partial charge is 0.497 e. The lowest BCUT2D eigenvalue weighted by Crippen LogP contribution is -2.43. The Hall–Kier alpha value is -2.29. The molecule has 7 heteroatoms. The van der Waals surface area contributed by atoms with Gasteiger partial charge in [0, 0.05) is 20.1 Å². The molecule has 0 unspecified atom stereocenters. The van der Waals surface area contributed by atoms with Gasteiger partial charge in [0.2, 0.25) is 5.91 Å². The number of nitrogens with zero attached hydrogens (tertiary/aromatic N) is 1. The SMILES string of the molecule is CN=C(NCC(=O)NCCc1ccccc1)NCc1cccc(OC)c1.I. The second kappa shape index (κ2) is 13.0. The number of aliphatic imine (C=N–C) groups is 1. The molecule has 0 heterocycles. The van der Waals surface area contributed by atoms with Crippen LogP contribution in [0.4, 0.5) is 0 Å². The molecule has 0 spiro atoms. The molecule has 0 fully saturated rings. The Morgan fingerprint density at radius 3 is 2.44 bits per heavy atom. The van der Waals surface area contributed by atoms with Crippen molar-refractivity contribution >= 4 is 35.8 Å². The summed E-state index contributed by atoms with van der Waals surface area (Å²) in [6.07, 6.45) is 0.815. The Morgan fingerprint density at radius 1 is 1.00 bits per heavy atom. The number of benzene rings is 2. The van der Waals surface area contributed by atoms with Gasteiger partial charge >= 0.3 is 0 Å². The minimum atomic E-state index is -0.0646. The molecule has 0 aliphatic rings. The number of methoxy groups -OCH3 is 1. The second-order valence-electron chi connectivity index (χ2n) is 5.72. The number of nitrogens with one attached hydrogen (secondary N) is 3. The number of ether oxygens (including phenoxy) is 1. The maximum absolute atomic E-state index is 11.9. The molecule has 0 aliphatic heterocycles. The minimum absolute atomic E-state index is 0. The van der Waals surface area contributed by atoms with Crippen LogP contribution in [0.5, 0.6) is 5.75 Å². The maximum Gasteiger partial charge on any atom is 0.239 e. The molecular formula is C20H27IN4O2. The number of hydrogen-bond acceptors (Lipinski definition) is 3. The summed E-state index contributed by atoms with van der Waals surface area (Å²) in [4.78, 5) is 16.1. The van der Waals surface area contributed by atoms with E-state index in [0.717, 1.165) is 17.7 Å². The first-order valence-electron chi connectivity index (χ1n) is 8.59. The van der Waals surface area contributed by atoms with Crippen molar-refractivity contribution in [2.24, 2.45) is 4.99 Å². The second-order valence-corrected chi connectivity index (χ2v) is 5.72. The number of guanidine groups is 1. The summed E-state index contributed by atoms with van der Waals surface area (Å²) in [5.74, 6) is 1.32. The van der Waals surface area contributed by atoms with Crippen LogP contribution < -0.4 is 20.7 Å². The van der Waals surface area contributed by atoms with Crippen LogP contribution in [-0.2, 0) is 17.8 Å². The van der Waals surface area contributed by atoms with Crippen LogP contribution in [0, 0.1) is 0 Å². The number of rotatable bonds is 8. The molecule has 1 amide bonds. The predicted octanol–water partition coefficient (Wildman–Crippen LogP) is 2.34. The molecule has 0 bridgehead atoms. The molecule has 3 N–H and O–H groups in total. The van der Waals surface area contributed by atoms with Crippen molar-refractivity contribution in [3.63, 3.8) is 0 Å². The molecule has 0 aromatic heterocycles. The molecule has 6 nitrogen and oxygen atoms in total. The topological polar surface area (TPSA) is 74.8 Å². The van der Waals surface area contributed by atoms with E-state index in [4.69, 9.17) is 4.74 Å². The van der Waals surface area contributed by atoms with Gasteiger partial charge in [0.15, 0.2) is 5.96 Å². The molecule has 27 heavy (non-hydrogen) atoms. The molecular weight excluding hydrogens is 455 g/mol.